The van der Waals surface area contributed by atoms with Crippen LogP contribution in [0.15, 0.2) is 30.3 Å². The molecule has 2 amide bonds. The Balaban J connectivity index is 1.79. The molecule has 1 heterocycles. The Bertz CT molecular complexity index is 461. The third-order valence-electron chi connectivity index (χ3n) is 3.37. The number of hydrogen-bond donors (Lipinski definition) is 1. The van der Waals surface area contributed by atoms with Crippen LogP contribution in [0.4, 0.5) is 0 Å². The summed E-state index contributed by atoms with van der Waals surface area (Å²) in [5.74, 6) is -0.0705. The molecule has 5 heteroatoms. The van der Waals surface area contributed by atoms with E-state index in [1.54, 1.807) is 0 Å². The van der Waals surface area contributed by atoms with Gasteiger partial charge in [0.15, 0.2) is 0 Å². The number of methoxy groups -OCH3 is 1. The molecule has 1 aromatic carbocycles. The molecule has 1 atom stereocenters. The molecule has 108 valence electrons. The first-order chi connectivity index (χ1) is 9.69. The fourth-order valence-electron chi connectivity index (χ4n) is 2.39. The molecule has 1 aliphatic heterocycles. The van der Waals surface area contributed by atoms with Crippen LogP contribution in [0.2, 0.25) is 0 Å². The number of nitrogens with one attached hydrogen (secondary N) is 1. The number of likely N-dealkylation sites (tertiary alicyclic amines) is 1. The van der Waals surface area contributed by atoms with Crippen LogP contribution in [0.1, 0.15) is 12.0 Å². The fraction of sp³-hybridized carbons (Fsp3) is 0.467. The zero-order chi connectivity index (χ0) is 14.4. The number of nitrogens with zero attached hydrogens (tertiary/aromatic N) is 1. The van der Waals surface area contributed by atoms with E-state index >= 15 is 0 Å². The number of amides is 2. The van der Waals surface area contributed by atoms with Crippen LogP contribution in [0.25, 0.3) is 0 Å². The second-order valence-electron chi connectivity index (χ2n) is 4.98. The number of ether oxygens (including phenoxy) is 1. The normalized spacial score (nSPS) is 18.4. The smallest absolute Gasteiger partial charge is 0.246 e. The van der Waals surface area contributed by atoms with Gasteiger partial charge in [-0.05, 0) is 12.0 Å². The number of rotatable bonds is 6. The number of benzene rings is 1. The Hall–Kier alpha value is -1.88. The van der Waals surface area contributed by atoms with E-state index in [0.29, 0.717) is 19.5 Å². The molecule has 2 rings (SSSR count). The minimum atomic E-state index is -0.171. The monoisotopic (exact) mass is 276 g/mol. The maximum atomic E-state index is 11.9. The van der Waals surface area contributed by atoms with E-state index in [-0.39, 0.29) is 24.5 Å². The highest BCUT2D eigenvalue weighted by Gasteiger charge is 2.29. The highest BCUT2D eigenvalue weighted by Crippen LogP contribution is 2.12. The van der Waals surface area contributed by atoms with Gasteiger partial charge in [0.1, 0.15) is 6.61 Å². The predicted molar refractivity (Wildman–Crippen MR) is 75.1 cm³/mol. The second-order valence-corrected chi connectivity index (χ2v) is 4.98. The van der Waals surface area contributed by atoms with Gasteiger partial charge in [-0.15, -0.1) is 0 Å². The molecule has 0 unspecified atom stereocenters. The molecule has 5 nitrogen and oxygen atoms in total. The van der Waals surface area contributed by atoms with Gasteiger partial charge in [-0.25, -0.2) is 0 Å². The van der Waals surface area contributed by atoms with Crippen LogP contribution in [0.5, 0.6) is 0 Å². The average molecular weight is 276 g/mol. The summed E-state index contributed by atoms with van der Waals surface area (Å²) < 4.78 is 4.76. The highest BCUT2D eigenvalue weighted by molar-refractivity contribution is 5.82. The molecule has 0 aromatic heterocycles. The van der Waals surface area contributed by atoms with Gasteiger partial charge in [0.25, 0.3) is 0 Å². The quantitative estimate of drug-likeness (QED) is 0.827. The SMILES string of the molecule is COCC(=O)N[C@H]1CC(=O)N(CCc2ccccc2)C1. The largest absolute Gasteiger partial charge is 0.375 e. The average Bonchev–Trinajstić information content (AvgIpc) is 2.78. The molecule has 1 N–H and O–H groups in total. The maximum Gasteiger partial charge on any atom is 0.246 e. The van der Waals surface area contributed by atoms with Gasteiger partial charge in [0.05, 0.1) is 6.04 Å². The molecule has 0 radical (unpaired) electrons. The van der Waals surface area contributed by atoms with E-state index in [9.17, 15) is 9.59 Å². The number of hydrogen-bond acceptors (Lipinski definition) is 3. The fourth-order valence-corrected chi connectivity index (χ4v) is 2.39. The first-order valence-corrected chi connectivity index (χ1v) is 6.79. The Kier molecular flexibility index (Phi) is 5.12. The minimum Gasteiger partial charge on any atom is -0.375 e. The second kappa shape index (κ2) is 7.05. The van der Waals surface area contributed by atoms with Gasteiger partial charge in [-0.2, -0.15) is 0 Å². The lowest BCUT2D eigenvalue weighted by molar-refractivity contribution is -0.127. The topological polar surface area (TPSA) is 58.6 Å². The summed E-state index contributed by atoms with van der Waals surface area (Å²) in [5.41, 5.74) is 1.21. The molecular formula is C15H20N2O3. The van der Waals surface area contributed by atoms with Crippen LogP contribution < -0.4 is 5.32 Å². The summed E-state index contributed by atoms with van der Waals surface area (Å²) in [6.07, 6.45) is 1.22. The van der Waals surface area contributed by atoms with Crippen molar-refractivity contribution in [3.05, 3.63) is 35.9 Å². The van der Waals surface area contributed by atoms with Crippen molar-refractivity contribution in [1.82, 2.24) is 10.2 Å². The van der Waals surface area contributed by atoms with E-state index < -0.39 is 0 Å². The maximum absolute atomic E-state index is 11.9. The Morgan fingerprint density at radius 2 is 2.15 bits per heavy atom. The third-order valence-corrected chi connectivity index (χ3v) is 3.37. The van der Waals surface area contributed by atoms with E-state index in [1.807, 2.05) is 23.1 Å². The van der Waals surface area contributed by atoms with Crippen molar-refractivity contribution < 1.29 is 14.3 Å². The van der Waals surface area contributed by atoms with E-state index in [4.69, 9.17) is 4.74 Å². The first kappa shape index (κ1) is 14.5. The van der Waals surface area contributed by atoms with Gasteiger partial charge < -0.3 is 15.0 Å². The van der Waals surface area contributed by atoms with Crippen molar-refractivity contribution in [1.29, 1.82) is 0 Å². The standard InChI is InChI=1S/C15H20N2O3/c1-20-11-14(18)16-13-9-15(19)17(10-13)8-7-12-5-3-2-4-6-12/h2-6,13H,7-11H2,1H3,(H,16,18)/t13-/m0/s1. The summed E-state index contributed by atoms with van der Waals surface area (Å²) in [7, 11) is 1.48. The van der Waals surface area contributed by atoms with Gasteiger partial charge in [0, 0.05) is 26.6 Å². The van der Waals surface area contributed by atoms with Crippen LogP contribution in [0.3, 0.4) is 0 Å². The van der Waals surface area contributed by atoms with Gasteiger partial charge >= 0.3 is 0 Å². The lowest BCUT2D eigenvalue weighted by Crippen LogP contribution is -2.39. The van der Waals surface area contributed by atoms with E-state index in [1.165, 1.54) is 12.7 Å². The molecule has 0 spiro atoms. The third kappa shape index (κ3) is 4.06. The summed E-state index contributed by atoms with van der Waals surface area (Å²) in [6, 6.07) is 9.98. The van der Waals surface area contributed by atoms with Crippen molar-refractivity contribution in [2.24, 2.45) is 0 Å². The molecule has 1 fully saturated rings. The summed E-state index contributed by atoms with van der Waals surface area (Å²) in [5, 5.41) is 2.81. The first-order valence-electron chi connectivity index (χ1n) is 6.79. The molecule has 1 aliphatic rings. The van der Waals surface area contributed by atoms with Crippen molar-refractivity contribution in [3.63, 3.8) is 0 Å². The Morgan fingerprint density at radius 3 is 2.85 bits per heavy atom. The summed E-state index contributed by atoms with van der Waals surface area (Å²) in [6.45, 7) is 1.31. The predicted octanol–water partition coefficient (Wildman–Crippen LogP) is 0.593. The minimum absolute atomic E-state index is 0.0364. The zero-order valence-corrected chi connectivity index (χ0v) is 11.7. The van der Waals surface area contributed by atoms with Crippen LogP contribution in [0, 0.1) is 0 Å². The van der Waals surface area contributed by atoms with Gasteiger partial charge in [-0.3, -0.25) is 9.59 Å². The lowest BCUT2D eigenvalue weighted by Gasteiger charge is -2.17. The van der Waals surface area contributed by atoms with Gasteiger partial charge in [-0.1, -0.05) is 30.3 Å². The highest BCUT2D eigenvalue weighted by atomic mass is 16.5. The molecule has 0 bridgehead atoms. The zero-order valence-electron chi connectivity index (χ0n) is 11.7. The summed E-state index contributed by atoms with van der Waals surface area (Å²) >= 11 is 0. The van der Waals surface area contributed by atoms with Crippen LogP contribution >= 0.6 is 0 Å². The number of carbonyl (C=O) groups is 2. The number of carbonyl (C=O) groups excluding carboxylic acids is 2. The molecule has 0 aliphatic carbocycles. The molecule has 1 aromatic rings. The Morgan fingerprint density at radius 1 is 1.40 bits per heavy atom. The molecule has 20 heavy (non-hydrogen) atoms. The molecular weight excluding hydrogens is 256 g/mol. The van der Waals surface area contributed by atoms with Gasteiger partial charge in [0.2, 0.25) is 11.8 Å². The van der Waals surface area contributed by atoms with Crippen LogP contribution in [-0.4, -0.2) is 49.6 Å². The summed E-state index contributed by atoms with van der Waals surface area (Å²) in [4.78, 5) is 25.1. The van der Waals surface area contributed by atoms with Crippen LogP contribution in [-0.2, 0) is 20.7 Å². The van der Waals surface area contributed by atoms with Crippen molar-refractivity contribution in [2.75, 3.05) is 26.8 Å². The van der Waals surface area contributed by atoms with E-state index in [2.05, 4.69) is 17.4 Å². The van der Waals surface area contributed by atoms with Crippen molar-refractivity contribution in [3.8, 4) is 0 Å². The molecule has 0 saturated carbocycles. The van der Waals surface area contributed by atoms with Crippen molar-refractivity contribution in [2.45, 2.75) is 18.9 Å². The lowest BCUT2D eigenvalue weighted by atomic mass is 10.1. The van der Waals surface area contributed by atoms with Crippen molar-refractivity contribution >= 4 is 11.8 Å². The molecule has 1 saturated heterocycles. The van der Waals surface area contributed by atoms with E-state index in [0.717, 1.165) is 6.42 Å². The Labute approximate surface area is 118 Å².